The maximum Gasteiger partial charge on any atom is 0.262 e. The van der Waals surface area contributed by atoms with Gasteiger partial charge < -0.3 is 5.32 Å². The predicted molar refractivity (Wildman–Crippen MR) is 72.8 cm³/mol. The molecule has 2 heterocycles. The van der Waals surface area contributed by atoms with Crippen LogP contribution in [0.25, 0.3) is 10.2 Å². The zero-order valence-corrected chi connectivity index (χ0v) is 11.3. The van der Waals surface area contributed by atoms with Crippen molar-refractivity contribution in [1.82, 2.24) is 15.3 Å². The van der Waals surface area contributed by atoms with Gasteiger partial charge in [-0.2, -0.15) is 0 Å². The van der Waals surface area contributed by atoms with Gasteiger partial charge in [-0.05, 0) is 26.3 Å². The number of nitrogens with zero attached hydrogens (tertiary/aromatic N) is 2. The van der Waals surface area contributed by atoms with Gasteiger partial charge in [0.25, 0.3) is 5.91 Å². The van der Waals surface area contributed by atoms with Gasteiger partial charge in [0.2, 0.25) is 0 Å². The number of carbonyl (C=O) groups excluding carboxylic acids is 1. The van der Waals surface area contributed by atoms with E-state index in [0.717, 1.165) is 27.3 Å². The number of hydrogen-bond donors (Lipinski definition) is 1. The highest BCUT2D eigenvalue weighted by molar-refractivity contribution is 7.20. The van der Waals surface area contributed by atoms with Crippen molar-refractivity contribution >= 4 is 27.5 Å². The maximum atomic E-state index is 11.9. The standard InChI is InChI=1S/C13H13N3OS/c1-5-6-14-12(17)11-7(2)10-8(3)15-9(4)16-13(10)18-11/h1H,6H2,2-4H3,(H,14,17). The highest BCUT2D eigenvalue weighted by Crippen LogP contribution is 2.30. The van der Waals surface area contributed by atoms with Crippen LogP contribution in [-0.2, 0) is 0 Å². The highest BCUT2D eigenvalue weighted by Gasteiger charge is 2.17. The van der Waals surface area contributed by atoms with Gasteiger partial charge in [-0.3, -0.25) is 4.79 Å². The van der Waals surface area contributed by atoms with Crippen LogP contribution in [0.2, 0.25) is 0 Å². The molecule has 0 bridgehead atoms. The number of hydrogen-bond acceptors (Lipinski definition) is 4. The van der Waals surface area contributed by atoms with E-state index in [9.17, 15) is 4.79 Å². The Morgan fingerprint density at radius 2 is 2.11 bits per heavy atom. The van der Waals surface area contributed by atoms with Crippen LogP contribution >= 0.6 is 11.3 Å². The lowest BCUT2D eigenvalue weighted by atomic mass is 10.1. The molecule has 4 nitrogen and oxygen atoms in total. The van der Waals surface area contributed by atoms with E-state index in [2.05, 4.69) is 21.2 Å². The van der Waals surface area contributed by atoms with Crippen LogP contribution in [0.5, 0.6) is 0 Å². The number of thiophene rings is 1. The van der Waals surface area contributed by atoms with Gasteiger partial charge in [0.1, 0.15) is 10.7 Å². The molecule has 0 aliphatic rings. The molecule has 2 aromatic rings. The third kappa shape index (κ3) is 2.07. The molecule has 0 saturated heterocycles. The highest BCUT2D eigenvalue weighted by atomic mass is 32.1. The number of rotatable bonds is 2. The summed E-state index contributed by atoms with van der Waals surface area (Å²) in [7, 11) is 0. The minimum absolute atomic E-state index is 0.148. The first kappa shape index (κ1) is 12.5. The van der Waals surface area contributed by atoms with Gasteiger partial charge in [-0.1, -0.05) is 5.92 Å². The van der Waals surface area contributed by atoms with Crippen molar-refractivity contribution in [2.45, 2.75) is 20.8 Å². The normalized spacial score (nSPS) is 10.3. The predicted octanol–water partition coefficient (Wildman–Crippen LogP) is 1.98. The summed E-state index contributed by atoms with van der Waals surface area (Å²) in [6.07, 6.45) is 5.13. The Hall–Kier alpha value is -1.93. The summed E-state index contributed by atoms with van der Waals surface area (Å²) in [5.41, 5.74) is 1.82. The Kier molecular flexibility index (Phi) is 3.30. The smallest absolute Gasteiger partial charge is 0.262 e. The van der Waals surface area contributed by atoms with Crippen LogP contribution in [0, 0.1) is 33.1 Å². The quantitative estimate of drug-likeness (QED) is 0.839. The van der Waals surface area contributed by atoms with E-state index in [1.165, 1.54) is 11.3 Å². The summed E-state index contributed by atoms with van der Waals surface area (Å²) in [5, 5.41) is 3.64. The number of nitrogens with one attached hydrogen (secondary N) is 1. The Labute approximate surface area is 109 Å². The minimum atomic E-state index is -0.148. The molecule has 92 valence electrons. The topological polar surface area (TPSA) is 54.9 Å². The van der Waals surface area contributed by atoms with Gasteiger partial charge >= 0.3 is 0 Å². The first-order valence-electron chi connectivity index (χ1n) is 5.50. The van der Waals surface area contributed by atoms with E-state index in [1.54, 1.807) is 0 Å². The molecule has 2 rings (SSSR count). The van der Waals surface area contributed by atoms with Crippen molar-refractivity contribution in [3.63, 3.8) is 0 Å². The van der Waals surface area contributed by atoms with Gasteiger partial charge in [0.15, 0.2) is 0 Å². The molecule has 0 aromatic carbocycles. The number of terminal acetylenes is 1. The minimum Gasteiger partial charge on any atom is -0.340 e. The molecular formula is C13H13N3OS. The lowest BCUT2D eigenvalue weighted by Gasteiger charge is -2.00. The summed E-state index contributed by atoms with van der Waals surface area (Å²) in [5.74, 6) is 2.96. The van der Waals surface area contributed by atoms with Gasteiger partial charge in [-0.25, -0.2) is 9.97 Å². The molecule has 0 fully saturated rings. The van der Waals surface area contributed by atoms with E-state index in [4.69, 9.17) is 6.42 Å². The zero-order chi connectivity index (χ0) is 13.3. The lowest BCUT2D eigenvalue weighted by molar-refractivity contribution is 0.0962. The van der Waals surface area contributed by atoms with E-state index < -0.39 is 0 Å². The Morgan fingerprint density at radius 3 is 2.78 bits per heavy atom. The monoisotopic (exact) mass is 259 g/mol. The fourth-order valence-corrected chi connectivity index (χ4v) is 3.10. The van der Waals surface area contributed by atoms with Crippen molar-refractivity contribution in [3.05, 3.63) is 22.0 Å². The summed E-state index contributed by atoms with van der Waals surface area (Å²) >= 11 is 1.38. The van der Waals surface area contributed by atoms with Gasteiger partial charge in [-0.15, -0.1) is 17.8 Å². The maximum absolute atomic E-state index is 11.9. The van der Waals surface area contributed by atoms with Crippen molar-refractivity contribution in [3.8, 4) is 12.3 Å². The van der Waals surface area contributed by atoms with Gasteiger partial charge in [0, 0.05) is 11.1 Å². The Morgan fingerprint density at radius 1 is 1.39 bits per heavy atom. The number of fused-ring (bicyclic) bond motifs is 1. The van der Waals surface area contributed by atoms with Crippen molar-refractivity contribution in [2.24, 2.45) is 0 Å². The van der Waals surface area contributed by atoms with Crippen molar-refractivity contribution < 1.29 is 4.79 Å². The van der Waals surface area contributed by atoms with Crippen LogP contribution in [-0.4, -0.2) is 22.4 Å². The summed E-state index contributed by atoms with van der Waals surface area (Å²) < 4.78 is 0. The van der Waals surface area contributed by atoms with Crippen LogP contribution in [0.3, 0.4) is 0 Å². The Bertz CT molecular complexity index is 667. The molecule has 0 saturated carbocycles. The molecule has 18 heavy (non-hydrogen) atoms. The second-order valence-corrected chi connectivity index (χ2v) is 4.98. The van der Waals surface area contributed by atoms with E-state index in [0.29, 0.717) is 4.88 Å². The Balaban J connectivity index is 2.54. The molecule has 0 aliphatic heterocycles. The first-order chi connectivity index (χ1) is 8.54. The van der Waals surface area contributed by atoms with Crippen LogP contribution < -0.4 is 5.32 Å². The van der Waals surface area contributed by atoms with Crippen LogP contribution in [0.15, 0.2) is 0 Å². The molecule has 1 N–H and O–H groups in total. The molecule has 0 spiro atoms. The summed E-state index contributed by atoms with van der Waals surface area (Å²) in [6.45, 7) is 5.92. The second-order valence-electron chi connectivity index (χ2n) is 3.98. The molecule has 0 radical (unpaired) electrons. The van der Waals surface area contributed by atoms with E-state index in [-0.39, 0.29) is 12.5 Å². The van der Waals surface area contributed by atoms with Gasteiger partial charge in [0.05, 0.1) is 11.4 Å². The zero-order valence-electron chi connectivity index (χ0n) is 10.5. The number of aromatic nitrogens is 2. The fraction of sp³-hybridized carbons (Fsp3) is 0.308. The SMILES string of the molecule is C#CCNC(=O)c1sc2nc(C)nc(C)c2c1C. The number of carbonyl (C=O) groups is 1. The lowest BCUT2D eigenvalue weighted by Crippen LogP contribution is -2.23. The molecule has 0 aliphatic carbocycles. The molecular weight excluding hydrogens is 246 g/mol. The average molecular weight is 259 g/mol. The van der Waals surface area contributed by atoms with Crippen molar-refractivity contribution in [2.75, 3.05) is 6.54 Å². The number of aryl methyl sites for hydroxylation is 3. The van der Waals surface area contributed by atoms with Crippen molar-refractivity contribution in [1.29, 1.82) is 0 Å². The van der Waals surface area contributed by atoms with E-state index >= 15 is 0 Å². The number of amides is 1. The summed E-state index contributed by atoms with van der Waals surface area (Å²) in [6, 6.07) is 0. The molecule has 2 aromatic heterocycles. The first-order valence-corrected chi connectivity index (χ1v) is 6.32. The molecule has 5 heteroatoms. The average Bonchev–Trinajstić information content (AvgIpc) is 2.63. The van der Waals surface area contributed by atoms with E-state index in [1.807, 2.05) is 20.8 Å². The molecule has 0 unspecified atom stereocenters. The second kappa shape index (κ2) is 4.75. The third-order valence-corrected chi connectivity index (χ3v) is 3.82. The van der Waals surface area contributed by atoms with Crippen LogP contribution in [0.1, 0.15) is 26.8 Å². The largest absolute Gasteiger partial charge is 0.340 e. The third-order valence-electron chi connectivity index (χ3n) is 2.64. The fourth-order valence-electron chi connectivity index (χ4n) is 1.90. The summed E-state index contributed by atoms with van der Waals surface area (Å²) in [4.78, 5) is 22.1. The molecule has 0 atom stereocenters. The van der Waals surface area contributed by atoms with Crippen LogP contribution in [0.4, 0.5) is 0 Å². The molecule has 1 amide bonds.